The van der Waals surface area contributed by atoms with Gasteiger partial charge in [-0.3, -0.25) is 0 Å². The quantitative estimate of drug-likeness (QED) is 0.592. The highest BCUT2D eigenvalue weighted by Gasteiger charge is 1.97. The molecule has 0 aromatic heterocycles. The monoisotopic (exact) mass is 254 g/mol. The summed E-state index contributed by atoms with van der Waals surface area (Å²) in [4.78, 5) is 0. The van der Waals surface area contributed by atoms with Gasteiger partial charge in [0, 0.05) is 20.2 Å². The number of thiocarbonyl (C=S) groups is 1. The summed E-state index contributed by atoms with van der Waals surface area (Å²) in [6.45, 7) is 2.03. The van der Waals surface area contributed by atoms with Crippen molar-refractivity contribution < 1.29 is 9.47 Å². The molecule has 4 nitrogen and oxygen atoms in total. The van der Waals surface area contributed by atoms with Gasteiger partial charge >= 0.3 is 0 Å². The molecule has 1 aromatic carbocycles. The van der Waals surface area contributed by atoms with Gasteiger partial charge in [0.25, 0.3) is 0 Å². The van der Waals surface area contributed by atoms with E-state index in [1.54, 1.807) is 14.2 Å². The van der Waals surface area contributed by atoms with Crippen molar-refractivity contribution >= 4 is 17.3 Å². The first-order valence-electron chi connectivity index (χ1n) is 5.40. The second-order valence-electron chi connectivity index (χ2n) is 3.45. The smallest absolute Gasteiger partial charge is 0.166 e. The SMILES string of the molecule is COCCNC(=S)NCc1cccc(OC)c1. The maximum atomic E-state index is 5.15. The van der Waals surface area contributed by atoms with Crippen LogP contribution >= 0.6 is 12.2 Å². The van der Waals surface area contributed by atoms with Crippen molar-refractivity contribution in [1.82, 2.24) is 10.6 Å². The lowest BCUT2D eigenvalue weighted by Crippen LogP contribution is -2.36. The van der Waals surface area contributed by atoms with Gasteiger partial charge in [0.2, 0.25) is 0 Å². The van der Waals surface area contributed by atoms with Gasteiger partial charge in [0.15, 0.2) is 5.11 Å². The predicted octanol–water partition coefficient (Wildman–Crippen LogP) is 1.31. The zero-order chi connectivity index (χ0) is 12.5. The van der Waals surface area contributed by atoms with Gasteiger partial charge in [0.1, 0.15) is 5.75 Å². The van der Waals surface area contributed by atoms with Crippen LogP contribution in [0.3, 0.4) is 0 Å². The van der Waals surface area contributed by atoms with E-state index in [0.717, 1.165) is 11.3 Å². The molecule has 0 spiro atoms. The topological polar surface area (TPSA) is 42.5 Å². The number of benzene rings is 1. The van der Waals surface area contributed by atoms with Crippen LogP contribution in [0.4, 0.5) is 0 Å². The fourth-order valence-electron chi connectivity index (χ4n) is 1.29. The molecular weight excluding hydrogens is 236 g/mol. The molecule has 0 saturated heterocycles. The molecule has 1 rings (SSSR count). The van der Waals surface area contributed by atoms with E-state index in [-0.39, 0.29) is 0 Å². The van der Waals surface area contributed by atoms with Gasteiger partial charge < -0.3 is 20.1 Å². The van der Waals surface area contributed by atoms with Crippen LogP contribution in [0.15, 0.2) is 24.3 Å². The highest BCUT2D eigenvalue weighted by Crippen LogP contribution is 2.11. The molecule has 0 radical (unpaired) electrons. The van der Waals surface area contributed by atoms with Crippen molar-refractivity contribution in [3.8, 4) is 5.75 Å². The molecule has 0 bridgehead atoms. The summed E-state index contributed by atoms with van der Waals surface area (Å²) in [5.74, 6) is 0.850. The molecule has 0 aliphatic carbocycles. The Bertz CT molecular complexity index is 358. The lowest BCUT2D eigenvalue weighted by molar-refractivity contribution is 0.204. The molecule has 0 aliphatic rings. The first-order valence-corrected chi connectivity index (χ1v) is 5.80. The van der Waals surface area contributed by atoms with Crippen LogP contribution in [-0.4, -0.2) is 32.5 Å². The lowest BCUT2D eigenvalue weighted by atomic mass is 10.2. The molecule has 94 valence electrons. The maximum Gasteiger partial charge on any atom is 0.166 e. The third-order valence-electron chi connectivity index (χ3n) is 2.18. The molecule has 0 heterocycles. The Kier molecular flexibility index (Phi) is 6.35. The number of methoxy groups -OCH3 is 2. The Morgan fingerprint density at radius 3 is 2.82 bits per heavy atom. The summed E-state index contributed by atoms with van der Waals surface area (Å²) >= 11 is 5.12. The molecule has 0 amide bonds. The average Bonchev–Trinajstić information content (AvgIpc) is 2.37. The van der Waals surface area contributed by atoms with Gasteiger partial charge in [-0.05, 0) is 29.9 Å². The number of hydrogen-bond acceptors (Lipinski definition) is 3. The van der Waals surface area contributed by atoms with E-state index in [9.17, 15) is 0 Å². The van der Waals surface area contributed by atoms with E-state index in [4.69, 9.17) is 21.7 Å². The Labute approximate surface area is 107 Å². The van der Waals surface area contributed by atoms with Crippen LogP contribution in [0.2, 0.25) is 0 Å². The molecular formula is C12H18N2O2S. The second kappa shape index (κ2) is 7.86. The number of nitrogens with one attached hydrogen (secondary N) is 2. The maximum absolute atomic E-state index is 5.15. The van der Waals surface area contributed by atoms with Crippen LogP contribution in [0, 0.1) is 0 Å². The molecule has 5 heteroatoms. The van der Waals surface area contributed by atoms with E-state index in [1.807, 2.05) is 24.3 Å². The molecule has 17 heavy (non-hydrogen) atoms. The molecule has 0 unspecified atom stereocenters. The molecule has 0 fully saturated rings. The molecule has 0 atom stereocenters. The minimum atomic E-state index is 0.630. The highest BCUT2D eigenvalue weighted by atomic mass is 32.1. The van der Waals surface area contributed by atoms with Crippen LogP contribution in [0.1, 0.15) is 5.56 Å². The van der Waals surface area contributed by atoms with Crippen molar-refractivity contribution in [2.24, 2.45) is 0 Å². The summed E-state index contributed by atoms with van der Waals surface area (Å²) in [7, 11) is 3.32. The average molecular weight is 254 g/mol. The zero-order valence-electron chi connectivity index (χ0n) is 10.2. The number of ether oxygens (including phenoxy) is 2. The van der Waals surface area contributed by atoms with E-state index >= 15 is 0 Å². The van der Waals surface area contributed by atoms with E-state index < -0.39 is 0 Å². The first-order chi connectivity index (χ1) is 8.26. The van der Waals surface area contributed by atoms with Crippen molar-refractivity contribution in [3.63, 3.8) is 0 Å². The van der Waals surface area contributed by atoms with Crippen molar-refractivity contribution in [2.75, 3.05) is 27.4 Å². The Morgan fingerprint density at radius 2 is 2.12 bits per heavy atom. The van der Waals surface area contributed by atoms with Gasteiger partial charge in [-0.2, -0.15) is 0 Å². The van der Waals surface area contributed by atoms with Crippen LogP contribution in [0.5, 0.6) is 5.75 Å². The molecule has 0 aliphatic heterocycles. The van der Waals surface area contributed by atoms with E-state index in [1.165, 1.54) is 0 Å². The Morgan fingerprint density at radius 1 is 1.29 bits per heavy atom. The highest BCUT2D eigenvalue weighted by molar-refractivity contribution is 7.80. The minimum absolute atomic E-state index is 0.630. The third-order valence-corrected chi connectivity index (χ3v) is 2.47. The normalized spacial score (nSPS) is 9.76. The molecule has 2 N–H and O–H groups in total. The summed E-state index contributed by atoms with van der Waals surface area (Å²) in [5.41, 5.74) is 1.13. The zero-order valence-corrected chi connectivity index (χ0v) is 11.0. The first kappa shape index (κ1) is 13.7. The summed E-state index contributed by atoms with van der Waals surface area (Å²) in [6, 6.07) is 7.87. The van der Waals surface area contributed by atoms with Crippen molar-refractivity contribution in [2.45, 2.75) is 6.54 Å². The fourth-order valence-corrected chi connectivity index (χ4v) is 1.47. The van der Waals surface area contributed by atoms with Crippen molar-refractivity contribution in [3.05, 3.63) is 29.8 Å². The summed E-state index contributed by atoms with van der Waals surface area (Å²) in [6.07, 6.45) is 0. The standard InChI is InChI=1S/C12H18N2O2S/c1-15-7-6-13-12(17)14-9-10-4-3-5-11(8-10)16-2/h3-5,8H,6-7,9H2,1-2H3,(H2,13,14,17). The van der Waals surface area contributed by atoms with Gasteiger partial charge in [0.05, 0.1) is 13.7 Å². The van der Waals surface area contributed by atoms with Crippen LogP contribution in [0.25, 0.3) is 0 Å². The summed E-state index contributed by atoms with van der Waals surface area (Å²) in [5, 5.41) is 6.79. The summed E-state index contributed by atoms with van der Waals surface area (Å²) < 4.78 is 10.1. The van der Waals surface area contributed by atoms with Crippen LogP contribution < -0.4 is 15.4 Å². The Balaban J connectivity index is 2.31. The minimum Gasteiger partial charge on any atom is -0.497 e. The van der Waals surface area contributed by atoms with Gasteiger partial charge in [-0.15, -0.1) is 0 Å². The second-order valence-corrected chi connectivity index (χ2v) is 3.86. The fraction of sp³-hybridized carbons (Fsp3) is 0.417. The Hall–Kier alpha value is -1.33. The third kappa shape index (κ3) is 5.51. The molecule has 1 aromatic rings. The number of hydrogen-bond donors (Lipinski definition) is 2. The van der Waals surface area contributed by atoms with Crippen LogP contribution in [-0.2, 0) is 11.3 Å². The van der Waals surface area contributed by atoms with Gasteiger partial charge in [-0.25, -0.2) is 0 Å². The van der Waals surface area contributed by atoms with Gasteiger partial charge in [-0.1, -0.05) is 12.1 Å². The lowest BCUT2D eigenvalue weighted by Gasteiger charge is -2.10. The number of rotatable bonds is 6. The largest absolute Gasteiger partial charge is 0.497 e. The van der Waals surface area contributed by atoms with E-state index in [2.05, 4.69) is 10.6 Å². The predicted molar refractivity (Wildman–Crippen MR) is 72.3 cm³/mol. The van der Waals surface area contributed by atoms with Crippen molar-refractivity contribution in [1.29, 1.82) is 0 Å². The molecule has 0 saturated carbocycles. The van der Waals surface area contributed by atoms with E-state index in [0.29, 0.717) is 24.8 Å².